The topological polar surface area (TPSA) is 66.9 Å². The number of nitrogens with zero attached hydrogens (tertiary/aromatic N) is 2. The number of halogens is 1. The zero-order chi connectivity index (χ0) is 14.5. The van der Waals surface area contributed by atoms with E-state index in [0.29, 0.717) is 23.1 Å². The molecule has 0 bridgehead atoms. The number of aromatic nitrogens is 2. The molecule has 0 aliphatic heterocycles. The van der Waals surface area contributed by atoms with Gasteiger partial charge in [0.25, 0.3) is 5.91 Å². The standard InChI is InChI=1S/C14H15ClN4O/c1-3-17-13-8-16-7-12(18-13)14(20)19-11-6-4-5-10(15)9(11)2/h4-8H,3H2,1-2H3,(H,17,18)(H,19,20). The van der Waals surface area contributed by atoms with Gasteiger partial charge in [0, 0.05) is 17.3 Å². The molecule has 0 unspecified atom stereocenters. The first-order valence-corrected chi connectivity index (χ1v) is 6.62. The van der Waals surface area contributed by atoms with Gasteiger partial charge in [-0.25, -0.2) is 4.98 Å². The van der Waals surface area contributed by atoms with E-state index >= 15 is 0 Å². The third kappa shape index (κ3) is 3.24. The van der Waals surface area contributed by atoms with Crippen LogP contribution < -0.4 is 10.6 Å². The van der Waals surface area contributed by atoms with Crippen LogP contribution in [-0.4, -0.2) is 22.4 Å². The molecule has 0 saturated heterocycles. The van der Waals surface area contributed by atoms with Crippen molar-refractivity contribution in [2.45, 2.75) is 13.8 Å². The summed E-state index contributed by atoms with van der Waals surface area (Å²) in [5, 5.41) is 6.40. The van der Waals surface area contributed by atoms with Crippen LogP contribution in [0, 0.1) is 6.92 Å². The first kappa shape index (κ1) is 14.3. The van der Waals surface area contributed by atoms with Gasteiger partial charge in [-0.15, -0.1) is 0 Å². The summed E-state index contributed by atoms with van der Waals surface area (Å²) < 4.78 is 0. The van der Waals surface area contributed by atoms with Crippen molar-refractivity contribution in [2.24, 2.45) is 0 Å². The van der Waals surface area contributed by atoms with Crippen molar-refractivity contribution in [3.8, 4) is 0 Å². The Bertz CT molecular complexity index is 630. The predicted octanol–water partition coefficient (Wildman–Crippen LogP) is 3.12. The Hall–Kier alpha value is -2.14. The van der Waals surface area contributed by atoms with Crippen LogP contribution in [0.25, 0.3) is 0 Å². The Labute approximate surface area is 122 Å². The van der Waals surface area contributed by atoms with E-state index in [2.05, 4.69) is 20.6 Å². The number of rotatable bonds is 4. The summed E-state index contributed by atoms with van der Waals surface area (Å²) >= 11 is 6.02. The van der Waals surface area contributed by atoms with Gasteiger partial charge >= 0.3 is 0 Å². The normalized spacial score (nSPS) is 10.2. The van der Waals surface area contributed by atoms with Gasteiger partial charge in [-0.3, -0.25) is 9.78 Å². The van der Waals surface area contributed by atoms with E-state index < -0.39 is 0 Å². The summed E-state index contributed by atoms with van der Waals surface area (Å²) in [5.74, 6) is 0.255. The fourth-order valence-electron chi connectivity index (χ4n) is 1.67. The third-order valence-electron chi connectivity index (χ3n) is 2.74. The van der Waals surface area contributed by atoms with Gasteiger partial charge in [0.05, 0.1) is 12.4 Å². The number of carbonyl (C=O) groups excluding carboxylic acids is 1. The summed E-state index contributed by atoms with van der Waals surface area (Å²) in [6, 6.07) is 5.35. The Balaban J connectivity index is 2.19. The molecule has 2 N–H and O–H groups in total. The number of nitrogens with one attached hydrogen (secondary N) is 2. The molecule has 0 fully saturated rings. The maximum Gasteiger partial charge on any atom is 0.275 e. The van der Waals surface area contributed by atoms with E-state index in [1.54, 1.807) is 24.4 Å². The lowest BCUT2D eigenvalue weighted by molar-refractivity contribution is 0.102. The van der Waals surface area contributed by atoms with Crippen LogP contribution >= 0.6 is 11.6 Å². The van der Waals surface area contributed by atoms with Crippen LogP contribution in [0.3, 0.4) is 0 Å². The number of amides is 1. The van der Waals surface area contributed by atoms with Crippen LogP contribution in [-0.2, 0) is 0 Å². The highest BCUT2D eigenvalue weighted by molar-refractivity contribution is 6.31. The Morgan fingerprint density at radius 1 is 1.35 bits per heavy atom. The van der Waals surface area contributed by atoms with Crippen molar-refractivity contribution in [1.82, 2.24) is 9.97 Å². The highest BCUT2D eigenvalue weighted by Gasteiger charge is 2.11. The molecule has 104 valence electrons. The van der Waals surface area contributed by atoms with Crippen molar-refractivity contribution >= 4 is 29.0 Å². The molecule has 1 aromatic heterocycles. The number of hydrogen-bond acceptors (Lipinski definition) is 4. The van der Waals surface area contributed by atoms with Gasteiger partial charge in [0.2, 0.25) is 0 Å². The maximum atomic E-state index is 12.1. The van der Waals surface area contributed by atoms with E-state index in [0.717, 1.165) is 5.56 Å². The lowest BCUT2D eigenvalue weighted by Crippen LogP contribution is -2.16. The fourth-order valence-corrected chi connectivity index (χ4v) is 1.85. The van der Waals surface area contributed by atoms with Crippen LogP contribution in [0.2, 0.25) is 5.02 Å². The molecule has 1 amide bonds. The van der Waals surface area contributed by atoms with Gasteiger partial charge in [-0.05, 0) is 31.5 Å². The van der Waals surface area contributed by atoms with E-state index in [-0.39, 0.29) is 11.6 Å². The summed E-state index contributed by atoms with van der Waals surface area (Å²) in [6.07, 6.45) is 3.00. The average molecular weight is 291 g/mol. The monoisotopic (exact) mass is 290 g/mol. The van der Waals surface area contributed by atoms with E-state index in [9.17, 15) is 4.79 Å². The third-order valence-corrected chi connectivity index (χ3v) is 3.15. The molecule has 6 heteroatoms. The van der Waals surface area contributed by atoms with Crippen molar-refractivity contribution in [1.29, 1.82) is 0 Å². The molecule has 0 radical (unpaired) electrons. The second-order valence-corrected chi connectivity index (χ2v) is 4.59. The molecule has 0 atom stereocenters. The van der Waals surface area contributed by atoms with Crippen LogP contribution in [0.1, 0.15) is 23.0 Å². The molecule has 2 aromatic rings. The Kier molecular flexibility index (Phi) is 4.53. The van der Waals surface area contributed by atoms with Crippen molar-refractivity contribution in [3.05, 3.63) is 46.9 Å². The predicted molar refractivity (Wildman–Crippen MR) is 80.3 cm³/mol. The highest BCUT2D eigenvalue weighted by atomic mass is 35.5. The van der Waals surface area contributed by atoms with Gasteiger partial charge in [0.1, 0.15) is 11.5 Å². The molecule has 0 saturated carbocycles. The lowest BCUT2D eigenvalue weighted by Gasteiger charge is -2.09. The maximum absolute atomic E-state index is 12.1. The molecule has 0 aliphatic rings. The smallest absolute Gasteiger partial charge is 0.275 e. The quantitative estimate of drug-likeness (QED) is 0.908. The molecule has 1 heterocycles. The van der Waals surface area contributed by atoms with Crippen LogP contribution in [0.5, 0.6) is 0 Å². The van der Waals surface area contributed by atoms with Crippen LogP contribution in [0.4, 0.5) is 11.5 Å². The van der Waals surface area contributed by atoms with Gasteiger partial charge in [-0.2, -0.15) is 0 Å². The van der Waals surface area contributed by atoms with Gasteiger partial charge in [-0.1, -0.05) is 17.7 Å². The summed E-state index contributed by atoms with van der Waals surface area (Å²) in [5.41, 5.74) is 1.74. The second kappa shape index (κ2) is 6.34. The molecule has 2 rings (SSSR count). The van der Waals surface area contributed by atoms with E-state index in [1.807, 2.05) is 13.8 Å². The number of carbonyl (C=O) groups is 1. The minimum absolute atomic E-state index is 0.253. The zero-order valence-corrected chi connectivity index (χ0v) is 12.0. The van der Waals surface area contributed by atoms with Crippen LogP contribution in [0.15, 0.2) is 30.6 Å². The lowest BCUT2D eigenvalue weighted by atomic mass is 10.2. The Morgan fingerprint density at radius 3 is 2.90 bits per heavy atom. The first-order valence-electron chi connectivity index (χ1n) is 6.24. The largest absolute Gasteiger partial charge is 0.369 e. The van der Waals surface area contributed by atoms with Gasteiger partial charge in [0.15, 0.2) is 0 Å². The van der Waals surface area contributed by atoms with Crippen molar-refractivity contribution < 1.29 is 4.79 Å². The number of anilines is 2. The molecular formula is C14H15ClN4O. The highest BCUT2D eigenvalue weighted by Crippen LogP contribution is 2.23. The molecular weight excluding hydrogens is 276 g/mol. The minimum atomic E-state index is -0.317. The molecule has 20 heavy (non-hydrogen) atoms. The summed E-state index contributed by atoms with van der Waals surface area (Å²) in [4.78, 5) is 20.3. The van der Waals surface area contributed by atoms with Gasteiger partial charge < -0.3 is 10.6 Å². The van der Waals surface area contributed by atoms with Crippen molar-refractivity contribution in [2.75, 3.05) is 17.2 Å². The second-order valence-electron chi connectivity index (χ2n) is 4.19. The fraction of sp³-hybridized carbons (Fsp3) is 0.214. The SMILES string of the molecule is CCNc1cncc(C(=O)Nc2cccc(Cl)c2C)n1. The summed E-state index contributed by atoms with van der Waals surface area (Å²) in [6.45, 7) is 4.51. The van der Waals surface area contributed by atoms with E-state index in [1.165, 1.54) is 6.20 Å². The summed E-state index contributed by atoms with van der Waals surface area (Å²) in [7, 11) is 0. The molecule has 0 spiro atoms. The first-order chi connectivity index (χ1) is 9.61. The number of benzene rings is 1. The zero-order valence-electron chi connectivity index (χ0n) is 11.3. The molecule has 1 aromatic carbocycles. The molecule has 0 aliphatic carbocycles. The number of hydrogen-bond donors (Lipinski definition) is 2. The van der Waals surface area contributed by atoms with E-state index in [4.69, 9.17) is 11.6 Å². The van der Waals surface area contributed by atoms with Crippen molar-refractivity contribution in [3.63, 3.8) is 0 Å². The average Bonchev–Trinajstić information content (AvgIpc) is 2.44. The minimum Gasteiger partial charge on any atom is -0.369 e. The molecule has 5 nitrogen and oxygen atoms in total. The Morgan fingerprint density at radius 2 is 2.15 bits per heavy atom.